The van der Waals surface area contributed by atoms with E-state index in [1.165, 1.54) is 5.56 Å². The van der Waals surface area contributed by atoms with Crippen molar-refractivity contribution in [1.82, 2.24) is 15.1 Å². The van der Waals surface area contributed by atoms with Crippen molar-refractivity contribution in [3.05, 3.63) is 17.0 Å². The highest BCUT2D eigenvalue weighted by molar-refractivity contribution is 5.74. The molecule has 0 fully saturated rings. The van der Waals surface area contributed by atoms with Crippen molar-refractivity contribution in [2.75, 3.05) is 0 Å². The van der Waals surface area contributed by atoms with Gasteiger partial charge in [-0.25, -0.2) is 0 Å². The molecule has 0 bridgehead atoms. The summed E-state index contributed by atoms with van der Waals surface area (Å²) in [5.41, 5.74) is 8.27. The number of carbonyl (C=O) groups excluding carboxylic acids is 1. The molecule has 0 aliphatic heterocycles. The Morgan fingerprint density at radius 2 is 2.06 bits per heavy atom. The van der Waals surface area contributed by atoms with Crippen molar-refractivity contribution in [2.45, 2.75) is 46.2 Å². The quantitative estimate of drug-likeness (QED) is 0.796. The van der Waals surface area contributed by atoms with E-state index >= 15 is 0 Å². The van der Waals surface area contributed by atoms with E-state index in [1.807, 2.05) is 39.4 Å². The molecule has 0 radical (unpaired) electrons. The summed E-state index contributed by atoms with van der Waals surface area (Å²) in [4.78, 5) is 10.9. The smallest absolute Gasteiger partial charge is 0.219 e. The number of nitrogens with two attached hydrogens (primary N) is 1. The lowest BCUT2D eigenvalue weighted by molar-refractivity contribution is -0.119. The maximum Gasteiger partial charge on any atom is 0.219 e. The van der Waals surface area contributed by atoms with Crippen molar-refractivity contribution in [2.24, 2.45) is 12.8 Å². The van der Waals surface area contributed by atoms with E-state index in [0.717, 1.165) is 11.4 Å². The normalized spacial score (nSPS) is 11.8. The first-order valence-corrected chi connectivity index (χ1v) is 5.75. The molecule has 1 heterocycles. The highest BCUT2D eigenvalue weighted by Gasteiger charge is 2.21. The van der Waals surface area contributed by atoms with Crippen molar-refractivity contribution in [3.63, 3.8) is 0 Å². The topological polar surface area (TPSA) is 72.9 Å². The van der Waals surface area contributed by atoms with Crippen LogP contribution in [0.25, 0.3) is 0 Å². The van der Waals surface area contributed by atoms with Gasteiger partial charge in [0, 0.05) is 36.8 Å². The molecule has 0 saturated heterocycles. The first-order chi connectivity index (χ1) is 7.73. The molecule has 0 aliphatic carbocycles. The minimum Gasteiger partial charge on any atom is -0.370 e. The maximum absolute atomic E-state index is 10.9. The Hall–Kier alpha value is -1.36. The molecule has 5 nitrogen and oxygen atoms in total. The number of hydrogen-bond acceptors (Lipinski definition) is 3. The van der Waals surface area contributed by atoms with E-state index in [1.54, 1.807) is 0 Å². The van der Waals surface area contributed by atoms with Gasteiger partial charge in [0.25, 0.3) is 0 Å². The van der Waals surface area contributed by atoms with E-state index in [9.17, 15) is 4.79 Å². The van der Waals surface area contributed by atoms with Gasteiger partial charge in [0.05, 0.1) is 5.69 Å². The van der Waals surface area contributed by atoms with E-state index < -0.39 is 0 Å². The van der Waals surface area contributed by atoms with Gasteiger partial charge in [0.1, 0.15) is 0 Å². The third-order valence-corrected chi connectivity index (χ3v) is 3.02. The summed E-state index contributed by atoms with van der Waals surface area (Å²) in [5, 5.41) is 7.70. The van der Waals surface area contributed by atoms with Crippen LogP contribution in [0.2, 0.25) is 0 Å². The van der Waals surface area contributed by atoms with Gasteiger partial charge in [0.2, 0.25) is 5.91 Å². The summed E-state index contributed by atoms with van der Waals surface area (Å²) in [6, 6.07) is 0. The summed E-state index contributed by atoms with van der Waals surface area (Å²) in [5.74, 6) is -0.290. The zero-order valence-electron chi connectivity index (χ0n) is 11.3. The fraction of sp³-hybridized carbons (Fsp3) is 0.667. The highest BCUT2D eigenvalue weighted by Crippen LogP contribution is 2.14. The number of hydrogen-bond donors (Lipinski definition) is 2. The lowest BCUT2D eigenvalue weighted by Crippen LogP contribution is -2.42. The van der Waals surface area contributed by atoms with Gasteiger partial charge in [-0.05, 0) is 27.7 Å². The highest BCUT2D eigenvalue weighted by atomic mass is 16.1. The molecule has 5 heteroatoms. The summed E-state index contributed by atoms with van der Waals surface area (Å²) < 4.78 is 1.87. The summed E-state index contributed by atoms with van der Waals surface area (Å²) >= 11 is 0. The van der Waals surface area contributed by atoms with Crippen molar-refractivity contribution < 1.29 is 4.79 Å². The second kappa shape index (κ2) is 4.87. The number of rotatable bonds is 5. The molecular weight excluding hydrogens is 216 g/mol. The third-order valence-electron chi connectivity index (χ3n) is 3.02. The molecule has 3 N–H and O–H groups in total. The number of carbonyl (C=O) groups is 1. The van der Waals surface area contributed by atoms with Crippen LogP contribution in [0.5, 0.6) is 0 Å². The Bertz CT molecular complexity index is 420. The Morgan fingerprint density at radius 1 is 1.47 bits per heavy atom. The molecule has 0 atom stereocenters. The maximum atomic E-state index is 10.9. The SMILES string of the molecule is Cc1nn(C)c(C)c1CNC(C)(C)CC(N)=O. The van der Waals surface area contributed by atoms with E-state index in [4.69, 9.17) is 5.73 Å². The van der Waals surface area contributed by atoms with Crippen LogP contribution >= 0.6 is 0 Å². The lowest BCUT2D eigenvalue weighted by atomic mass is 9.99. The van der Waals surface area contributed by atoms with Gasteiger partial charge in [0.15, 0.2) is 0 Å². The van der Waals surface area contributed by atoms with Gasteiger partial charge in [-0.3, -0.25) is 9.48 Å². The van der Waals surface area contributed by atoms with Crippen LogP contribution in [0.4, 0.5) is 0 Å². The predicted molar refractivity (Wildman–Crippen MR) is 67.4 cm³/mol. The minimum absolute atomic E-state index is 0.290. The fourth-order valence-corrected chi connectivity index (χ4v) is 1.90. The molecule has 0 spiro atoms. The molecule has 17 heavy (non-hydrogen) atoms. The average Bonchev–Trinajstić information content (AvgIpc) is 2.37. The van der Waals surface area contributed by atoms with Crippen LogP contribution in [0, 0.1) is 13.8 Å². The Labute approximate surface area is 102 Å². The summed E-state index contributed by atoms with van der Waals surface area (Å²) in [7, 11) is 1.93. The van der Waals surface area contributed by atoms with Gasteiger partial charge in [-0.1, -0.05) is 0 Å². The minimum atomic E-state index is -0.291. The summed E-state index contributed by atoms with van der Waals surface area (Å²) in [6.45, 7) is 8.67. The van der Waals surface area contributed by atoms with E-state index in [0.29, 0.717) is 13.0 Å². The number of amides is 1. The number of aromatic nitrogens is 2. The molecule has 0 unspecified atom stereocenters. The van der Waals surface area contributed by atoms with Crippen LogP contribution in [0.15, 0.2) is 0 Å². The summed E-state index contributed by atoms with van der Waals surface area (Å²) in [6.07, 6.45) is 0.325. The van der Waals surface area contributed by atoms with Crippen LogP contribution in [-0.4, -0.2) is 21.2 Å². The van der Waals surface area contributed by atoms with Crippen LogP contribution in [0.1, 0.15) is 37.2 Å². The lowest BCUT2D eigenvalue weighted by Gasteiger charge is -2.25. The number of aryl methyl sites for hydroxylation is 2. The van der Waals surface area contributed by atoms with E-state index in [2.05, 4.69) is 10.4 Å². The zero-order valence-corrected chi connectivity index (χ0v) is 11.3. The van der Waals surface area contributed by atoms with Crippen LogP contribution in [-0.2, 0) is 18.4 Å². The third kappa shape index (κ3) is 3.56. The van der Waals surface area contributed by atoms with Crippen LogP contribution in [0.3, 0.4) is 0 Å². The monoisotopic (exact) mass is 238 g/mol. The molecule has 1 aromatic rings. The standard InChI is InChI=1S/C12H22N4O/c1-8-10(9(2)16(5)15-8)7-14-12(3,4)6-11(13)17/h14H,6-7H2,1-5H3,(H2,13,17). The molecule has 1 amide bonds. The second-order valence-electron chi connectivity index (χ2n) is 5.15. The molecule has 0 aromatic carbocycles. The van der Waals surface area contributed by atoms with Crippen molar-refractivity contribution >= 4 is 5.91 Å². The second-order valence-corrected chi connectivity index (χ2v) is 5.15. The van der Waals surface area contributed by atoms with Crippen molar-refractivity contribution in [1.29, 1.82) is 0 Å². The van der Waals surface area contributed by atoms with Gasteiger partial charge in [-0.15, -0.1) is 0 Å². The Balaban J connectivity index is 2.70. The zero-order chi connectivity index (χ0) is 13.2. The van der Waals surface area contributed by atoms with E-state index in [-0.39, 0.29) is 11.4 Å². The Kier molecular flexibility index (Phi) is 3.93. The molecule has 0 saturated carbocycles. The molecule has 1 aromatic heterocycles. The Morgan fingerprint density at radius 3 is 2.47 bits per heavy atom. The van der Waals surface area contributed by atoms with Gasteiger partial charge < -0.3 is 11.1 Å². The van der Waals surface area contributed by atoms with Crippen LogP contribution < -0.4 is 11.1 Å². The number of primary amides is 1. The number of nitrogens with zero attached hydrogens (tertiary/aromatic N) is 2. The average molecular weight is 238 g/mol. The molecule has 1 rings (SSSR count). The molecule has 96 valence electrons. The van der Waals surface area contributed by atoms with Crippen molar-refractivity contribution in [3.8, 4) is 0 Å². The number of nitrogens with one attached hydrogen (secondary N) is 1. The molecular formula is C12H22N4O. The first-order valence-electron chi connectivity index (χ1n) is 5.75. The largest absolute Gasteiger partial charge is 0.370 e. The first kappa shape index (κ1) is 13.7. The van der Waals surface area contributed by atoms with Gasteiger partial charge >= 0.3 is 0 Å². The fourth-order valence-electron chi connectivity index (χ4n) is 1.90. The van der Waals surface area contributed by atoms with Gasteiger partial charge in [-0.2, -0.15) is 5.10 Å². The predicted octanol–water partition coefficient (Wildman–Crippen LogP) is 0.781. The molecule has 0 aliphatic rings.